The number of nitrogens with one attached hydrogen (secondary N) is 2. The van der Waals surface area contributed by atoms with Crippen molar-refractivity contribution in [3.05, 3.63) is 60.4 Å². The molecular formula is C27H27F2N7O2. The van der Waals surface area contributed by atoms with Gasteiger partial charge in [-0.1, -0.05) is 24.3 Å². The molecule has 2 aromatic carbocycles. The molecule has 196 valence electrons. The van der Waals surface area contributed by atoms with E-state index in [1.807, 2.05) is 29.2 Å². The Morgan fingerprint density at radius 3 is 2.58 bits per heavy atom. The van der Waals surface area contributed by atoms with E-state index in [-0.39, 0.29) is 17.8 Å². The first-order valence-electron chi connectivity index (χ1n) is 12.7. The van der Waals surface area contributed by atoms with E-state index in [1.54, 1.807) is 30.3 Å². The Morgan fingerprint density at radius 1 is 1.05 bits per heavy atom. The summed E-state index contributed by atoms with van der Waals surface area (Å²) in [6.07, 6.45) is -0.982. The van der Waals surface area contributed by atoms with Gasteiger partial charge in [0.15, 0.2) is 5.82 Å². The van der Waals surface area contributed by atoms with Crippen molar-refractivity contribution in [3.8, 4) is 17.1 Å². The summed E-state index contributed by atoms with van der Waals surface area (Å²) in [5.74, 6) is 0.316. The Bertz CT molecular complexity index is 1450. The third-order valence-electron chi connectivity index (χ3n) is 6.83. The molecule has 0 aliphatic carbocycles. The number of imidazole rings is 1. The lowest BCUT2D eigenvalue weighted by atomic mass is 10.1. The van der Waals surface area contributed by atoms with Gasteiger partial charge in [0.25, 0.3) is 6.43 Å². The van der Waals surface area contributed by atoms with Crippen molar-refractivity contribution >= 4 is 28.6 Å². The Balaban J connectivity index is 1.40. The molecule has 0 bridgehead atoms. The van der Waals surface area contributed by atoms with Crippen molar-refractivity contribution < 1.29 is 18.3 Å². The Hall–Kier alpha value is -3.96. The number of anilines is 2. The first-order valence-corrected chi connectivity index (χ1v) is 12.7. The predicted octanol–water partition coefficient (Wildman–Crippen LogP) is 3.95. The van der Waals surface area contributed by atoms with Crippen molar-refractivity contribution in [1.82, 2.24) is 24.8 Å². The van der Waals surface area contributed by atoms with Gasteiger partial charge in [-0.3, -0.25) is 9.36 Å². The molecule has 1 atom stereocenters. The molecule has 9 nitrogen and oxygen atoms in total. The number of aromatic nitrogens is 4. The van der Waals surface area contributed by atoms with Crippen LogP contribution in [0.4, 0.5) is 20.4 Å². The largest absolute Gasteiger partial charge is 0.378 e. The van der Waals surface area contributed by atoms with Crippen LogP contribution in [0.1, 0.15) is 25.1 Å². The monoisotopic (exact) mass is 519 g/mol. The summed E-state index contributed by atoms with van der Waals surface area (Å²) in [5.41, 5.74) is 3.02. The first-order chi connectivity index (χ1) is 18.6. The van der Waals surface area contributed by atoms with Gasteiger partial charge in [0, 0.05) is 30.4 Å². The topological polar surface area (TPSA) is 97.2 Å². The van der Waals surface area contributed by atoms with Crippen LogP contribution in [0.25, 0.3) is 28.1 Å². The van der Waals surface area contributed by atoms with E-state index in [2.05, 4.69) is 15.6 Å². The minimum Gasteiger partial charge on any atom is -0.378 e. The molecule has 0 saturated carbocycles. The van der Waals surface area contributed by atoms with Crippen molar-refractivity contribution in [2.24, 2.45) is 0 Å². The molecule has 6 rings (SSSR count). The average Bonchev–Trinajstić information content (AvgIpc) is 3.63. The number of para-hydroxylation sites is 2. The fourth-order valence-corrected chi connectivity index (χ4v) is 4.88. The number of benzene rings is 2. The Morgan fingerprint density at radius 2 is 1.84 bits per heavy atom. The van der Waals surface area contributed by atoms with Crippen LogP contribution < -0.4 is 15.5 Å². The number of fused-ring (bicyclic) bond motifs is 1. The minimum atomic E-state index is -2.79. The quantitative estimate of drug-likeness (QED) is 0.398. The highest BCUT2D eigenvalue weighted by atomic mass is 19.3. The Kier molecular flexibility index (Phi) is 6.69. The zero-order valence-corrected chi connectivity index (χ0v) is 20.6. The molecule has 0 radical (unpaired) electrons. The lowest BCUT2D eigenvalue weighted by molar-refractivity contribution is -0.117. The fraction of sp³-hybridized carbons (Fsp3) is 0.333. The number of hydrogen-bond acceptors (Lipinski definition) is 7. The zero-order chi connectivity index (χ0) is 26.1. The standard InChI is InChI=1S/C27H27F2N7O2/c28-24(29)25-32-19-4-1-2-6-22(19)36(25)23-16-21(33-27(34-23)35-12-14-38-15-13-35)17-7-9-18(10-8-17)31-26(37)20-5-3-11-30-20/h1-2,4,6-10,16,20,24,30H,3,5,11-15H2,(H,31,37)/t20-/m0/s1. The number of carbonyl (C=O) groups is 1. The van der Waals surface area contributed by atoms with Gasteiger partial charge in [-0.15, -0.1) is 0 Å². The summed E-state index contributed by atoms with van der Waals surface area (Å²) >= 11 is 0. The third kappa shape index (κ3) is 4.82. The number of alkyl halides is 2. The van der Waals surface area contributed by atoms with Crippen LogP contribution in [0, 0.1) is 0 Å². The normalized spacial score (nSPS) is 17.9. The van der Waals surface area contributed by atoms with Gasteiger partial charge in [-0.2, -0.15) is 4.98 Å². The second kappa shape index (κ2) is 10.4. The summed E-state index contributed by atoms with van der Waals surface area (Å²) < 4.78 is 35.1. The molecule has 38 heavy (non-hydrogen) atoms. The maximum Gasteiger partial charge on any atom is 0.296 e. The van der Waals surface area contributed by atoms with Crippen molar-refractivity contribution in [2.75, 3.05) is 43.1 Å². The van der Waals surface area contributed by atoms with E-state index >= 15 is 0 Å². The maximum absolute atomic E-state index is 14.1. The summed E-state index contributed by atoms with van der Waals surface area (Å²) in [6, 6.07) is 15.9. The number of amides is 1. The number of morpholine rings is 1. The van der Waals surface area contributed by atoms with Crippen LogP contribution in [0.2, 0.25) is 0 Å². The second-order valence-corrected chi connectivity index (χ2v) is 9.32. The van der Waals surface area contributed by atoms with Gasteiger partial charge >= 0.3 is 0 Å². The zero-order valence-electron chi connectivity index (χ0n) is 20.6. The SMILES string of the molecule is O=C(Nc1ccc(-c2cc(-n3c(C(F)F)nc4ccccc43)nc(N3CCOCC3)n2)cc1)[C@@H]1CCCN1. The molecule has 0 unspecified atom stereocenters. The fourth-order valence-electron chi connectivity index (χ4n) is 4.88. The molecule has 2 fully saturated rings. The van der Waals surface area contributed by atoms with Crippen LogP contribution in [-0.4, -0.2) is 64.3 Å². The van der Waals surface area contributed by atoms with Crippen LogP contribution >= 0.6 is 0 Å². The van der Waals surface area contributed by atoms with Gasteiger partial charge in [-0.25, -0.2) is 18.7 Å². The van der Waals surface area contributed by atoms with Crippen LogP contribution in [0.3, 0.4) is 0 Å². The molecule has 2 N–H and O–H groups in total. The summed E-state index contributed by atoms with van der Waals surface area (Å²) in [6.45, 7) is 3.09. The highest BCUT2D eigenvalue weighted by molar-refractivity contribution is 5.95. The summed E-state index contributed by atoms with van der Waals surface area (Å²) in [5, 5.41) is 6.14. The first kappa shape index (κ1) is 24.4. The molecule has 4 aromatic rings. The van der Waals surface area contributed by atoms with Crippen LogP contribution in [0.15, 0.2) is 54.6 Å². The molecule has 1 amide bonds. The van der Waals surface area contributed by atoms with E-state index in [0.29, 0.717) is 60.5 Å². The Labute approximate surface area is 217 Å². The average molecular weight is 520 g/mol. The van der Waals surface area contributed by atoms with Crippen molar-refractivity contribution in [2.45, 2.75) is 25.3 Å². The van der Waals surface area contributed by atoms with Gasteiger partial charge in [0.1, 0.15) is 5.82 Å². The van der Waals surface area contributed by atoms with E-state index in [9.17, 15) is 13.6 Å². The number of ether oxygens (including phenoxy) is 1. The molecule has 4 heterocycles. The molecular weight excluding hydrogens is 492 g/mol. The van der Waals surface area contributed by atoms with Gasteiger partial charge in [0.05, 0.1) is 36.0 Å². The van der Waals surface area contributed by atoms with E-state index in [1.165, 1.54) is 4.57 Å². The van der Waals surface area contributed by atoms with Gasteiger partial charge < -0.3 is 20.3 Å². The number of rotatable bonds is 6. The third-order valence-corrected chi connectivity index (χ3v) is 6.83. The lowest BCUT2D eigenvalue weighted by Gasteiger charge is -2.27. The number of hydrogen-bond donors (Lipinski definition) is 2. The highest BCUT2D eigenvalue weighted by Crippen LogP contribution is 2.30. The number of nitrogens with zero attached hydrogens (tertiary/aromatic N) is 5. The second-order valence-electron chi connectivity index (χ2n) is 9.32. The molecule has 2 saturated heterocycles. The summed E-state index contributed by atoms with van der Waals surface area (Å²) in [4.78, 5) is 28.1. The molecule has 2 aromatic heterocycles. The highest BCUT2D eigenvalue weighted by Gasteiger charge is 2.24. The maximum atomic E-state index is 14.1. The van der Waals surface area contributed by atoms with E-state index in [0.717, 1.165) is 24.9 Å². The summed E-state index contributed by atoms with van der Waals surface area (Å²) in [7, 11) is 0. The van der Waals surface area contributed by atoms with E-state index in [4.69, 9.17) is 14.7 Å². The van der Waals surface area contributed by atoms with Crippen molar-refractivity contribution in [3.63, 3.8) is 0 Å². The van der Waals surface area contributed by atoms with Gasteiger partial charge in [0.2, 0.25) is 11.9 Å². The van der Waals surface area contributed by atoms with Crippen LogP contribution in [0.5, 0.6) is 0 Å². The predicted molar refractivity (Wildman–Crippen MR) is 140 cm³/mol. The lowest BCUT2D eigenvalue weighted by Crippen LogP contribution is -2.37. The molecule has 2 aliphatic heterocycles. The smallest absolute Gasteiger partial charge is 0.296 e. The van der Waals surface area contributed by atoms with Crippen molar-refractivity contribution in [1.29, 1.82) is 0 Å². The minimum absolute atomic E-state index is 0.0549. The van der Waals surface area contributed by atoms with E-state index < -0.39 is 6.43 Å². The number of carbonyl (C=O) groups excluding carboxylic acids is 1. The van der Waals surface area contributed by atoms with Gasteiger partial charge in [-0.05, 0) is 43.7 Å². The molecule has 2 aliphatic rings. The van der Waals surface area contributed by atoms with Crippen LogP contribution in [-0.2, 0) is 9.53 Å². The molecule has 0 spiro atoms. The number of halogens is 2. The molecule has 11 heteroatoms.